The molecule has 0 saturated carbocycles. The van der Waals surface area contributed by atoms with Gasteiger partial charge in [-0.25, -0.2) is 6.39 Å². The highest BCUT2D eigenvalue weighted by Gasteiger charge is 2.68. The maximum absolute atomic E-state index is 7.23. The van der Waals surface area contributed by atoms with E-state index in [2.05, 4.69) is 0 Å². The van der Waals surface area contributed by atoms with E-state index in [1.807, 2.05) is 0 Å². The summed E-state index contributed by atoms with van der Waals surface area (Å²) < 4.78 is 0. The fourth-order valence-corrected chi connectivity index (χ4v) is 17.4. The van der Waals surface area contributed by atoms with Gasteiger partial charge in [0.15, 0.2) is 0 Å². The van der Waals surface area contributed by atoms with Crippen molar-refractivity contribution in [2.45, 2.75) is 0 Å². The lowest BCUT2D eigenvalue weighted by molar-refractivity contribution is 3.13. The summed E-state index contributed by atoms with van der Waals surface area (Å²) in [5.41, 5.74) is 0. The Balaban J connectivity index is 14.4. The fraction of sp³-hybridized carbons (Fsp3) is 0. The Morgan fingerprint density at radius 1 is 0.124 bits per heavy atom. The summed E-state index contributed by atoms with van der Waals surface area (Å²) in [5.74, 6) is 0. The van der Waals surface area contributed by atoms with Crippen LogP contribution in [0.25, 0.3) is 0 Å². The molecule has 97 heteroatoms. The van der Waals surface area contributed by atoms with Crippen molar-refractivity contribution in [3.05, 3.63) is 0 Å². The quantitative estimate of drug-likeness (QED) is 0.0533. The third kappa shape index (κ3) is 27.8. The van der Waals surface area contributed by atoms with E-state index in [4.69, 9.17) is 379 Å². The summed E-state index contributed by atoms with van der Waals surface area (Å²) in [7, 11) is 348. The van der Waals surface area contributed by atoms with Crippen molar-refractivity contribution >= 4 is 686 Å². The first-order valence-electron chi connectivity index (χ1n) is 32.0. The van der Waals surface area contributed by atoms with Crippen LogP contribution in [0.15, 0.2) is 0 Å². The summed E-state index contributed by atoms with van der Waals surface area (Å²) in [6.45, 7) is 0. The molecule has 0 atom stereocenters. The largest absolute Gasteiger partial charge is 0.690 e. The minimum absolute atomic E-state index is 1.04. The minimum Gasteiger partial charge on any atom is -0.690 e. The average Bonchev–Trinajstić information content (AvgIpc) is 3.37. The third-order valence-electron chi connectivity index (χ3n) is 20.7. The number of hydrogen-bond acceptors (Lipinski definition) is 0. The maximum atomic E-state index is 7.23. The molecule has 0 amide bonds. The van der Waals surface area contributed by atoms with Gasteiger partial charge >= 0.3 is 0 Å². The molecule has 0 unspecified atom stereocenters. The summed E-state index contributed by atoms with van der Waals surface area (Å²) in [5, 5.41) is 0. The van der Waals surface area contributed by atoms with Gasteiger partial charge in [0, 0.05) is 248 Å². The van der Waals surface area contributed by atoms with Crippen LogP contribution in [0.2, 0.25) is 0 Å². The molecule has 0 aliphatic rings. The molecule has 0 aliphatic carbocycles. The van der Waals surface area contributed by atoms with Crippen LogP contribution in [0.5, 0.6) is 0 Å². The molecule has 97 heavy (non-hydrogen) atoms. The smallest absolute Gasteiger partial charge is 0 e. The van der Waals surface area contributed by atoms with E-state index in [1.165, 1.54) is 0 Å². The van der Waals surface area contributed by atoms with Gasteiger partial charge in [-0.1, -0.05) is 6.39 Å². The Morgan fingerprint density at radius 3 is 0.258 bits per heavy atom. The molecule has 0 bridgehead atoms. The monoisotopic (exact) mass is 1070 g/mol. The van der Waals surface area contributed by atoms with Crippen LogP contribution in [-0.4, -0.2) is 686 Å². The van der Waals surface area contributed by atoms with Crippen LogP contribution in [-0.2, 0) is 0 Å². The molecule has 0 aliphatic heterocycles. The van der Waals surface area contributed by atoms with Crippen molar-refractivity contribution in [3.63, 3.8) is 0 Å². The van der Waals surface area contributed by atoms with Crippen molar-refractivity contribution in [2.75, 3.05) is 0 Å². The molecular weight excluding hydrogens is 1050 g/mol. The Kier molecular flexibility index (Phi) is 50.8. The lowest BCUT2D eigenvalue weighted by Crippen LogP contribution is -3.01. The Hall–Kier alpha value is 6.30. The van der Waals surface area contributed by atoms with Crippen molar-refractivity contribution in [2.24, 2.45) is 0 Å². The van der Waals surface area contributed by atoms with Gasteiger partial charge in [0.2, 0.25) is 0 Å². The molecule has 0 spiro atoms. The van der Waals surface area contributed by atoms with Crippen LogP contribution >= 0.6 is 0 Å². The molecule has 0 heterocycles. The lowest BCUT2D eigenvalue weighted by Gasteiger charge is -2.63. The standard InChI is InChI=1S/B97/c1-50-75(51(2)3)87(74(48)49)93(86(72(44)45)73(46)47)96(92(84(68(36)37)69(38)39)85(70(40)41)71(42)43)97(94(88(76(52(4)5)53(6)7)77(54(8)9)55(10)11)89(78(56(12)13)57(14)15)79(58(16)17)59(18)19)95(90(80(60(20)21)61(22)23)81(62(24)25)63(26)27)91(82(64(28)29)65(30)31)83(66(32)33)67(34)35/q-2. The summed E-state index contributed by atoms with van der Waals surface area (Å²) in [6.07, 6.45) is -87.3. The molecular formula is B97-2. The van der Waals surface area contributed by atoms with Crippen LogP contribution in [0.3, 0.4) is 0 Å². The van der Waals surface area contributed by atoms with Gasteiger partial charge in [0.25, 0.3) is 0 Å². The van der Waals surface area contributed by atoms with Crippen molar-refractivity contribution in [3.8, 4) is 0 Å². The zero-order chi connectivity index (χ0) is 76.8. The van der Waals surface area contributed by atoms with Gasteiger partial charge in [-0.2, -0.15) is 0 Å². The molecule has 293 valence electrons. The van der Waals surface area contributed by atoms with Gasteiger partial charge < -0.3 is 15.5 Å². The first kappa shape index (κ1) is 103. The fourth-order valence-electron chi connectivity index (χ4n) is 17.4. The minimum atomic E-state index is -2.26. The Labute approximate surface area is 679 Å². The van der Waals surface area contributed by atoms with E-state index in [1.54, 1.807) is 0 Å². The van der Waals surface area contributed by atoms with Gasteiger partial charge in [-0.15, -0.1) is 0 Å². The van der Waals surface area contributed by atoms with Gasteiger partial charge in [-0.05, 0) is 403 Å². The van der Waals surface area contributed by atoms with Crippen molar-refractivity contribution in [1.82, 2.24) is 0 Å². The van der Waals surface area contributed by atoms with Crippen molar-refractivity contribution in [1.29, 1.82) is 0 Å². The highest BCUT2D eigenvalue weighted by Crippen LogP contribution is 2.30. The Morgan fingerprint density at radius 2 is 0.196 bits per heavy atom. The third-order valence-corrected chi connectivity index (χ3v) is 20.7. The second kappa shape index (κ2) is 47.7. The Bertz CT molecular complexity index is 1610. The second-order valence-electron chi connectivity index (χ2n) is 27.3. The summed E-state index contributed by atoms with van der Waals surface area (Å²) >= 11 is 0. The lowest BCUT2D eigenvalue weighted by atomic mass is 8.18. The van der Waals surface area contributed by atoms with Crippen LogP contribution < -0.4 is 0 Å². The van der Waals surface area contributed by atoms with E-state index in [9.17, 15) is 0 Å². The predicted molar refractivity (Wildman–Crippen MR) is 558 cm³/mol. The molecule has 0 saturated heterocycles. The van der Waals surface area contributed by atoms with E-state index < -0.39 is 300 Å². The normalized spacial score (nSPS) is 9.84. The number of rotatable bonds is 47. The first-order chi connectivity index (χ1) is 44.2. The molecule has 0 rings (SSSR count). The van der Waals surface area contributed by atoms with E-state index in [0.29, 0.717) is 0 Å². The second-order valence-corrected chi connectivity index (χ2v) is 27.3. The molecule has 0 aromatic rings. The van der Waals surface area contributed by atoms with Crippen LogP contribution in [0.4, 0.5) is 0 Å². The molecule has 0 fully saturated rings. The zero-order valence-electron chi connectivity index (χ0n) is 56.0. The van der Waals surface area contributed by atoms with Gasteiger partial charge in [-0.3, -0.25) is 7.06 Å². The van der Waals surface area contributed by atoms with Gasteiger partial charge in [0.1, 0.15) is 0 Å². The highest BCUT2D eigenvalue weighted by molar-refractivity contribution is 8.43. The van der Waals surface area contributed by atoms with E-state index in [0.717, 1.165) is 7.06 Å². The summed E-state index contributed by atoms with van der Waals surface area (Å²) in [6, 6.07) is 0. The SMILES string of the molecule is [B]B([B])B(B([B])[B])B(B(B([B])[B])B([B])[B])B(B(B(B([B])[B])B([B])[B])B(B([B])[B])B([B])[B])B(B(B(B(B([B])[B])B([B])[B])B(B([B])[B])B([B])[B])B(B(B([B])[B])B([B])[B])B(B([B])[B])B([B])[B])B(B(B(B([B])[B])B([B])[B])B(B([B])[B])B([B])[B])B(B(B([B])[B])B([B])[B])B(B([B])[B])B([B][B-])B([B])[B-]. The van der Waals surface area contributed by atoms with Gasteiger partial charge in [0.05, 0.1) is 0 Å². The molecule has 0 N–H and O–H groups in total. The molecule has 0 nitrogen and oxygen atoms in total. The van der Waals surface area contributed by atoms with Crippen LogP contribution in [0.1, 0.15) is 0 Å². The molecule has 101 radical (unpaired) electrons. The summed E-state index contributed by atoms with van der Waals surface area (Å²) in [4.78, 5) is 0. The maximum Gasteiger partial charge on any atom is 0 e. The molecule has 0 aromatic heterocycles. The zero-order valence-corrected chi connectivity index (χ0v) is 56.0. The van der Waals surface area contributed by atoms with E-state index in [-0.39, 0.29) is 0 Å². The van der Waals surface area contributed by atoms with E-state index >= 15 is 0 Å². The van der Waals surface area contributed by atoms with Crippen LogP contribution in [0, 0.1) is 0 Å². The average molecular weight is 1050 g/mol. The highest BCUT2D eigenvalue weighted by atomic mass is 13.5. The van der Waals surface area contributed by atoms with Crippen molar-refractivity contribution < 1.29 is 0 Å². The predicted octanol–water partition coefficient (Wildman–Crippen LogP) is -36.9. The number of hydrogen-bond donors (Lipinski definition) is 0. The topological polar surface area (TPSA) is 0 Å². The first-order valence-corrected chi connectivity index (χ1v) is 32.0. The molecule has 0 aromatic carbocycles.